The highest BCUT2D eigenvalue weighted by molar-refractivity contribution is 8.00. The number of nitrogens with zero attached hydrogens (tertiary/aromatic N) is 3. The van der Waals surface area contributed by atoms with Crippen LogP contribution in [0.15, 0.2) is 70.6 Å². The van der Waals surface area contributed by atoms with E-state index < -0.39 is 17.7 Å². The number of halogens is 1. The van der Waals surface area contributed by atoms with Crippen LogP contribution >= 0.6 is 23.1 Å². The second kappa shape index (κ2) is 14.8. The van der Waals surface area contributed by atoms with Gasteiger partial charge in [-0.3, -0.25) is 14.5 Å². The number of Topliss-reactive ketones (excluding diaryl/α,β-unsaturated/α-hetero) is 1. The number of carbonyl (C=O) groups is 2. The molecule has 2 aliphatic heterocycles. The summed E-state index contributed by atoms with van der Waals surface area (Å²) in [4.78, 5) is 28.9. The minimum atomic E-state index is -1.02. The SMILES string of the molecule is CCCCCOc1ccc([C@H]2C(=C(O)c3ccc4c(c3)C[C@@H](C)O4)C(=O)C(=O)N2c2nnc(SCc3ccc(F)cc3)s2)cc1OCC. The largest absolute Gasteiger partial charge is 0.507 e. The number of aliphatic hydroxyl groups excluding tert-OH is 1. The van der Waals surface area contributed by atoms with Gasteiger partial charge in [-0.05, 0) is 79.4 Å². The lowest BCUT2D eigenvalue weighted by molar-refractivity contribution is -0.132. The molecule has 2 atom stereocenters. The maximum atomic E-state index is 13.8. The molecule has 1 saturated heterocycles. The van der Waals surface area contributed by atoms with Gasteiger partial charge >= 0.3 is 5.91 Å². The average molecular weight is 690 g/mol. The van der Waals surface area contributed by atoms with Crippen molar-refractivity contribution in [2.45, 2.75) is 68.7 Å². The lowest BCUT2D eigenvalue weighted by Crippen LogP contribution is -2.29. The van der Waals surface area contributed by atoms with Crippen LogP contribution in [0.1, 0.15) is 68.3 Å². The molecular formula is C36H36FN3O6S2. The van der Waals surface area contributed by atoms with Gasteiger partial charge in [0.15, 0.2) is 15.8 Å². The van der Waals surface area contributed by atoms with Crippen molar-refractivity contribution in [3.05, 3.63) is 94.3 Å². The van der Waals surface area contributed by atoms with Crippen molar-refractivity contribution < 1.29 is 33.3 Å². The third-order valence-electron chi connectivity index (χ3n) is 8.08. The molecular weight excluding hydrogens is 654 g/mol. The Morgan fingerprint density at radius 1 is 1.04 bits per heavy atom. The summed E-state index contributed by atoms with van der Waals surface area (Å²) in [5.41, 5.74) is 2.68. The lowest BCUT2D eigenvalue weighted by Gasteiger charge is -2.23. The average Bonchev–Trinajstić information content (AvgIpc) is 3.77. The zero-order valence-electron chi connectivity index (χ0n) is 26.9. The minimum Gasteiger partial charge on any atom is -0.507 e. The van der Waals surface area contributed by atoms with E-state index >= 15 is 0 Å². The summed E-state index contributed by atoms with van der Waals surface area (Å²) >= 11 is 2.54. The number of unbranched alkanes of at least 4 members (excludes halogenated alkanes) is 2. The molecule has 0 saturated carbocycles. The predicted octanol–water partition coefficient (Wildman–Crippen LogP) is 7.89. The number of anilines is 1. The summed E-state index contributed by atoms with van der Waals surface area (Å²) in [6, 6.07) is 15.7. The number of carbonyl (C=O) groups excluding carboxylic acids is 2. The summed E-state index contributed by atoms with van der Waals surface area (Å²) < 4.78 is 31.8. The third-order valence-corrected chi connectivity index (χ3v) is 10.2. The Kier molecular flexibility index (Phi) is 10.3. The first-order valence-corrected chi connectivity index (χ1v) is 17.8. The molecule has 0 bridgehead atoms. The van der Waals surface area contributed by atoms with Crippen LogP contribution in [-0.2, 0) is 21.8 Å². The Labute approximate surface area is 286 Å². The molecule has 0 spiro atoms. The number of fused-ring (bicyclic) bond motifs is 1. The summed E-state index contributed by atoms with van der Waals surface area (Å²) in [6.07, 6.45) is 3.65. The van der Waals surface area contributed by atoms with Gasteiger partial charge in [-0.2, -0.15) is 0 Å². The Morgan fingerprint density at radius 3 is 2.62 bits per heavy atom. The van der Waals surface area contributed by atoms with Crippen LogP contribution < -0.4 is 19.1 Å². The normalized spacial score (nSPS) is 18.2. The molecule has 1 fully saturated rings. The molecule has 3 heterocycles. The van der Waals surface area contributed by atoms with Crippen LogP contribution in [0.5, 0.6) is 17.2 Å². The molecule has 2 aliphatic rings. The highest BCUT2D eigenvalue weighted by atomic mass is 32.2. The summed E-state index contributed by atoms with van der Waals surface area (Å²) in [6.45, 7) is 6.85. The van der Waals surface area contributed by atoms with Gasteiger partial charge in [0, 0.05) is 17.7 Å². The van der Waals surface area contributed by atoms with Gasteiger partial charge in [0.25, 0.3) is 5.78 Å². The number of hydrogen-bond donors (Lipinski definition) is 1. The molecule has 6 rings (SSSR count). The topological polar surface area (TPSA) is 111 Å². The summed E-state index contributed by atoms with van der Waals surface area (Å²) in [7, 11) is 0. The highest BCUT2D eigenvalue weighted by Crippen LogP contribution is 2.46. The zero-order chi connectivity index (χ0) is 33.8. The Bertz CT molecular complexity index is 1840. The van der Waals surface area contributed by atoms with Crippen molar-refractivity contribution in [2.75, 3.05) is 18.1 Å². The number of thioether (sulfide) groups is 1. The van der Waals surface area contributed by atoms with Crippen LogP contribution in [0, 0.1) is 5.82 Å². The molecule has 12 heteroatoms. The van der Waals surface area contributed by atoms with E-state index in [4.69, 9.17) is 14.2 Å². The van der Waals surface area contributed by atoms with Gasteiger partial charge in [-0.15, -0.1) is 10.2 Å². The maximum absolute atomic E-state index is 13.8. The fraction of sp³-hybridized carbons (Fsp3) is 0.333. The highest BCUT2D eigenvalue weighted by Gasteiger charge is 2.48. The Hall–Kier alpha value is -4.42. The van der Waals surface area contributed by atoms with E-state index in [2.05, 4.69) is 17.1 Å². The van der Waals surface area contributed by atoms with Crippen LogP contribution in [0.3, 0.4) is 0 Å². The van der Waals surface area contributed by atoms with Crippen molar-refractivity contribution >= 4 is 45.7 Å². The lowest BCUT2D eigenvalue weighted by atomic mass is 9.94. The number of aromatic nitrogens is 2. The van der Waals surface area contributed by atoms with Crippen molar-refractivity contribution in [3.8, 4) is 17.2 Å². The van der Waals surface area contributed by atoms with Gasteiger partial charge in [0.1, 0.15) is 23.4 Å². The van der Waals surface area contributed by atoms with Gasteiger partial charge in [0.05, 0.1) is 24.8 Å². The number of rotatable bonds is 13. The molecule has 1 N–H and O–H groups in total. The van der Waals surface area contributed by atoms with E-state index in [1.54, 1.807) is 48.5 Å². The van der Waals surface area contributed by atoms with Crippen molar-refractivity contribution in [2.24, 2.45) is 0 Å². The van der Waals surface area contributed by atoms with E-state index in [1.807, 2.05) is 13.8 Å². The third kappa shape index (κ3) is 7.05. The fourth-order valence-corrected chi connectivity index (χ4v) is 7.59. The Morgan fingerprint density at radius 2 is 1.85 bits per heavy atom. The summed E-state index contributed by atoms with van der Waals surface area (Å²) in [5.74, 6) is -0.0215. The maximum Gasteiger partial charge on any atom is 0.301 e. The first-order valence-electron chi connectivity index (χ1n) is 16.0. The molecule has 9 nitrogen and oxygen atoms in total. The molecule has 0 unspecified atom stereocenters. The molecule has 250 valence electrons. The molecule has 4 aromatic rings. The van der Waals surface area contributed by atoms with Gasteiger partial charge in [-0.1, -0.05) is 61.1 Å². The van der Waals surface area contributed by atoms with Crippen molar-refractivity contribution in [1.82, 2.24) is 10.2 Å². The molecule has 0 radical (unpaired) electrons. The van der Waals surface area contributed by atoms with Gasteiger partial charge in [0.2, 0.25) is 5.13 Å². The number of amides is 1. The van der Waals surface area contributed by atoms with E-state index in [0.29, 0.717) is 52.4 Å². The number of ketones is 1. The standard InChI is InChI=1S/C36H36FN3O6S2/c1-4-6-7-16-45-28-15-10-23(19-29(28)44-5-2)31-30(32(41)24-11-14-27-25(18-24)17-21(3)46-27)33(42)34(43)40(31)35-38-39-36(48-35)47-20-22-8-12-26(37)13-9-22/h8-15,18-19,21,31,41H,4-7,16-17,20H2,1-3H3/t21-,31+/m1/s1. The molecule has 48 heavy (non-hydrogen) atoms. The quantitative estimate of drug-likeness (QED) is 0.0374. The van der Waals surface area contributed by atoms with Crippen LogP contribution in [-0.4, -0.2) is 46.3 Å². The van der Waals surface area contributed by atoms with E-state index in [1.165, 1.54) is 28.8 Å². The van der Waals surface area contributed by atoms with Crippen LogP contribution in [0.2, 0.25) is 0 Å². The zero-order valence-corrected chi connectivity index (χ0v) is 28.5. The molecule has 1 amide bonds. The van der Waals surface area contributed by atoms with E-state index in [0.717, 1.165) is 47.5 Å². The smallest absolute Gasteiger partial charge is 0.301 e. The number of hydrogen-bond acceptors (Lipinski definition) is 10. The first-order chi connectivity index (χ1) is 23.3. The van der Waals surface area contributed by atoms with Gasteiger partial charge in [-0.25, -0.2) is 4.39 Å². The van der Waals surface area contributed by atoms with Crippen LogP contribution in [0.25, 0.3) is 5.76 Å². The van der Waals surface area contributed by atoms with Crippen molar-refractivity contribution in [1.29, 1.82) is 0 Å². The second-order valence-electron chi connectivity index (χ2n) is 11.6. The number of aliphatic hydroxyl groups is 1. The minimum absolute atomic E-state index is 0.00445. The Balaban J connectivity index is 1.39. The monoisotopic (exact) mass is 689 g/mol. The first kappa shape index (κ1) is 33.5. The predicted molar refractivity (Wildman–Crippen MR) is 184 cm³/mol. The molecule has 1 aromatic heterocycles. The van der Waals surface area contributed by atoms with E-state index in [-0.39, 0.29) is 28.4 Å². The number of ether oxygens (including phenoxy) is 3. The van der Waals surface area contributed by atoms with E-state index in [9.17, 15) is 19.1 Å². The molecule has 0 aliphatic carbocycles. The van der Waals surface area contributed by atoms with Crippen LogP contribution in [0.4, 0.5) is 9.52 Å². The fourth-order valence-electron chi connectivity index (χ4n) is 5.77. The molecule has 3 aromatic carbocycles. The summed E-state index contributed by atoms with van der Waals surface area (Å²) in [5, 5.41) is 20.5. The number of benzene rings is 3. The second-order valence-corrected chi connectivity index (χ2v) is 13.8. The van der Waals surface area contributed by atoms with Crippen molar-refractivity contribution in [3.63, 3.8) is 0 Å². The van der Waals surface area contributed by atoms with Gasteiger partial charge < -0.3 is 19.3 Å².